The molecule has 1 aliphatic heterocycles. The third-order valence-electron chi connectivity index (χ3n) is 7.56. The van der Waals surface area contributed by atoms with E-state index in [1.807, 2.05) is 6.07 Å². The Kier molecular flexibility index (Phi) is 5.12. The predicted octanol–water partition coefficient (Wildman–Crippen LogP) is 4.37. The van der Waals surface area contributed by atoms with Crippen LogP contribution in [0.25, 0.3) is 6.08 Å². The Labute approximate surface area is 186 Å². The zero-order valence-corrected chi connectivity index (χ0v) is 18.7. The molecule has 4 aliphatic carbocycles. The van der Waals surface area contributed by atoms with Crippen LogP contribution in [-0.4, -0.2) is 42.8 Å². The average molecular weight is 442 g/mol. The Morgan fingerprint density at radius 2 is 1.77 bits per heavy atom. The summed E-state index contributed by atoms with van der Waals surface area (Å²) in [4.78, 5) is 37.8. The van der Waals surface area contributed by atoms with Crippen molar-refractivity contribution >= 4 is 35.0 Å². The Morgan fingerprint density at radius 1 is 1.13 bits per heavy atom. The van der Waals surface area contributed by atoms with Gasteiger partial charge >= 0.3 is 5.97 Å². The van der Waals surface area contributed by atoms with Crippen molar-refractivity contribution < 1.29 is 23.9 Å². The molecular formula is C24H27NO5S. The second-order valence-corrected chi connectivity index (χ2v) is 10.5. The summed E-state index contributed by atoms with van der Waals surface area (Å²) in [5.41, 5.74) is 2.36. The number of carbonyl (C=O) groups excluding carboxylic acids is 3. The first-order chi connectivity index (χ1) is 14.9. The van der Waals surface area contributed by atoms with E-state index in [-0.39, 0.29) is 12.0 Å². The maximum Gasteiger partial charge on any atom is 0.325 e. The van der Waals surface area contributed by atoms with E-state index >= 15 is 0 Å². The lowest BCUT2D eigenvalue weighted by Crippen LogP contribution is -2.48. The Bertz CT molecular complexity index is 949. The Balaban J connectivity index is 1.47. The molecule has 0 aromatic heterocycles. The van der Waals surface area contributed by atoms with Crippen molar-refractivity contribution in [1.29, 1.82) is 0 Å². The van der Waals surface area contributed by atoms with Gasteiger partial charge in [-0.15, -0.1) is 0 Å². The monoisotopic (exact) mass is 441 g/mol. The highest BCUT2D eigenvalue weighted by Gasteiger charge is 2.51. The first kappa shape index (κ1) is 20.6. The van der Waals surface area contributed by atoms with Crippen LogP contribution in [0.2, 0.25) is 0 Å². The number of thioether (sulfide) groups is 1. The fourth-order valence-electron chi connectivity index (χ4n) is 6.61. The molecule has 0 spiro atoms. The molecule has 4 saturated carbocycles. The van der Waals surface area contributed by atoms with E-state index in [0.29, 0.717) is 10.7 Å². The van der Waals surface area contributed by atoms with E-state index in [1.165, 1.54) is 51.2 Å². The van der Waals surface area contributed by atoms with Gasteiger partial charge in [-0.3, -0.25) is 19.3 Å². The minimum Gasteiger partial charge on any atom is -0.496 e. The SMILES string of the molecule is COC(=O)CN1C(=O)S/C(=C\c2cc(C34CC5CC(CC(C5)C3)C4)ccc2OC)C1=O. The molecule has 4 bridgehead atoms. The molecule has 1 aromatic carbocycles. The quantitative estimate of drug-likeness (QED) is 0.499. The van der Waals surface area contributed by atoms with Crippen LogP contribution in [0.1, 0.15) is 49.7 Å². The molecule has 6 nitrogen and oxygen atoms in total. The highest BCUT2D eigenvalue weighted by atomic mass is 32.2. The van der Waals surface area contributed by atoms with E-state index in [1.54, 1.807) is 13.2 Å². The number of esters is 1. The van der Waals surface area contributed by atoms with Gasteiger partial charge in [-0.2, -0.15) is 0 Å². The first-order valence-corrected chi connectivity index (χ1v) is 11.7. The number of imide groups is 1. The molecule has 0 N–H and O–H groups in total. The van der Waals surface area contributed by atoms with Gasteiger partial charge in [0.2, 0.25) is 0 Å². The number of benzene rings is 1. The molecule has 7 heteroatoms. The van der Waals surface area contributed by atoms with Crippen LogP contribution in [0.3, 0.4) is 0 Å². The average Bonchev–Trinajstić information content (AvgIpc) is 3.00. The van der Waals surface area contributed by atoms with E-state index in [4.69, 9.17) is 4.74 Å². The van der Waals surface area contributed by atoms with Crippen LogP contribution in [0.15, 0.2) is 23.1 Å². The third kappa shape index (κ3) is 3.56. The predicted molar refractivity (Wildman–Crippen MR) is 118 cm³/mol. The minimum atomic E-state index is -0.620. The van der Waals surface area contributed by atoms with Crippen LogP contribution in [0, 0.1) is 17.8 Å². The molecule has 5 aliphatic rings. The first-order valence-electron chi connectivity index (χ1n) is 10.9. The summed E-state index contributed by atoms with van der Waals surface area (Å²) >= 11 is 0.849. The number of hydrogen-bond acceptors (Lipinski definition) is 6. The van der Waals surface area contributed by atoms with Gasteiger partial charge in [-0.1, -0.05) is 6.07 Å². The molecule has 31 heavy (non-hydrogen) atoms. The van der Waals surface area contributed by atoms with Gasteiger partial charge in [-0.25, -0.2) is 0 Å². The van der Waals surface area contributed by atoms with Gasteiger partial charge in [0, 0.05) is 5.56 Å². The van der Waals surface area contributed by atoms with Gasteiger partial charge < -0.3 is 9.47 Å². The van der Waals surface area contributed by atoms with E-state index < -0.39 is 17.1 Å². The highest BCUT2D eigenvalue weighted by Crippen LogP contribution is 2.61. The molecule has 0 unspecified atom stereocenters. The van der Waals surface area contributed by atoms with Crippen molar-refractivity contribution in [2.24, 2.45) is 17.8 Å². The topological polar surface area (TPSA) is 72.9 Å². The van der Waals surface area contributed by atoms with Gasteiger partial charge in [-0.05, 0) is 97.2 Å². The lowest BCUT2D eigenvalue weighted by atomic mass is 9.48. The van der Waals surface area contributed by atoms with Gasteiger partial charge in [0.15, 0.2) is 0 Å². The van der Waals surface area contributed by atoms with Crippen molar-refractivity contribution in [3.05, 3.63) is 34.2 Å². The summed E-state index contributed by atoms with van der Waals surface area (Å²) < 4.78 is 10.2. The number of methoxy groups -OCH3 is 2. The number of amides is 2. The molecule has 1 saturated heterocycles. The van der Waals surface area contributed by atoms with E-state index in [0.717, 1.165) is 40.0 Å². The maximum atomic E-state index is 12.7. The van der Waals surface area contributed by atoms with Crippen LogP contribution in [-0.2, 0) is 19.7 Å². The number of carbonyl (C=O) groups is 3. The number of nitrogens with zero attached hydrogens (tertiary/aromatic N) is 1. The molecule has 5 fully saturated rings. The normalized spacial score (nSPS) is 32.8. The molecule has 2 amide bonds. The van der Waals surface area contributed by atoms with Gasteiger partial charge in [0.05, 0.1) is 19.1 Å². The number of ether oxygens (including phenoxy) is 2. The molecule has 1 aromatic rings. The zero-order chi connectivity index (χ0) is 21.8. The van der Waals surface area contributed by atoms with Crippen LogP contribution < -0.4 is 4.74 Å². The zero-order valence-electron chi connectivity index (χ0n) is 17.9. The molecular weight excluding hydrogens is 414 g/mol. The fraction of sp³-hybridized carbons (Fsp3) is 0.542. The van der Waals surface area contributed by atoms with Crippen LogP contribution in [0.5, 0.6) is 5.75 Å². The number of hydrogen-bond donors (Lipinski definition) is 0. The van der Waals surface area contributed by atoms with Crippen molar-refractivity contribution in [1.82, 2.24) is 4.90 Å². The molecule has 0 radical (unpaired) electrons. The molecule has 6 rings (SSSR count). The number of rotatable bonds is 5. The summed E-state index contributed by atoms with van der Waals surface area (Å²) in [7, 11) is 2.85. The summed E-state index contributed by atoms with van der Waals surface area (Å²) in [5, 5.41) is -0.460. The largest absolute Gasteiger partial charge is 0.496 e. The lowest BCUT2D eigenvalue weighted by Gasteiger charge is -2.57. The standard InChI is InChI=1S/C24H27NO5S/c1-29-19-4-3-18(24-10-14-5-15(11-24)7-16(6-14)12-24)8-17(19)9-20-22(27)25(23(28)31-20)13-21(26)30-2/h3-4,8-9,14-16H,5-7,10-13H2,1-2H3/b20-9-. The Morgan fingerprint density at radius 3 is 2.35 bits per heavy atom. The summed E-state index contributed by atoms with van der Waals surface area (Å²) in [6.45, 7) is -0.372. The van der Waals surface area contributed by atoms with Crippen molar-refractivity contribution in [2.75, 3.05) is 20.8 Å². The van der Waals surface area contributed by atoms with Gasteiger partial charge in [0.1, 0.15) is 12.3 Å². The highest BCUT2D eigenvalue weighted by molar-refractivity contribution is 8.18. The smallest absolute Gasteiger partial charge is 0.325 e. The molecule has 164 valence electrons. The second kappa shape index (κ2) is 7.69. The lowest BCUT2D eigenvalue weighted by molar-refractivity contribution is -0.143. The van der Waals surface area contributed by atoms with Gasteiger partial charge in [0.25, 0.3) is 11.1 Å². The summed E-state index contributed by atoms with van der Waals surface area (Å²) in [6.07, 6.45) is 9.63. The van der Waals surface area contributed by atoms with Crippen LogP contribution in [0.4, 0.5) is 4.79 Å². The molecule has 0 atom stereocenters. The van der Waals surface area contributed by atoms with E-state index in [9.17, 15) is 14.4 Å². The second-order valence-electron chi connectivity index (χ2n) is 9.50. The minimum absolute atomic E-state index is 0.230. The summed E-state index contributed by atoms with van der Waals surface area (Å²) in [5.74, 6) is 2.10. The van der Waals surface area contributed by atoms with E-state index in [2.05, 4.69) is 16.9 Å². The van der Waals surface area contributed by atoms with Crippen molar-refractivity contribution in [2.45, 2.75) is 43.9 Å². The Hall–Kier alpha value is -2.28. The van der Waals surface area contributed by atoms with Crippen LogP contribution >= 0.6 is 11.8 Å². The summed E-state index contributed by atoms with van der Waals surface area (Å²) in [6, 6.07) is 6.32. The molecule has 1 heterocycles. The van der Waals surface area contributed by atoms with Crippen molar-refractivity contribution in [3.8, 4) is 5.75 Å². The van der Waals surface area contributed by atoms with Crippen molar-refractivity contribution in [3.63, 3.8) is 0 Å². The maximum absolute atomic E-state index is 12.7. The fourth-order valence-corrected chi connectivity index (χ4v) is 7.44. The third-order valence-corrected chi connectivity index (χ3v) is 8.46.